The Morgan fingerprint density at radius 3 is 2.66 bits per heavy atom. The molecule has 0 radical (unpaired) electrons. The minimum absolute atomic E-state index is 0.0134. The van der Waals surface area contributed by atoms with Gasteiger partial charge in [-0.05, 0) is 36.8 Å². The van der Waals surface area contributed by atoms with Crippen LogP contribution in [0.3, 0.4) is 0 Å². The molecule has 1 saturated heterocycles. The maximum absolute atomic E-state index is 14.2. The van der Waals surface area contributed by atoms with Gasteiger partial charge in [-0.3, -0.25) is 9.78 Å². The van der Waals surface area contributed by atoms with Gasteiger partial charge in [0.1, 0.15) is 17.3 Å². The van der Waals surface area contributed by atoms with Gasteiger partial charge in [0.05, 0.1) is 23.0 Å². The van der Waals surface area contributed by atoms with Crippen LogP contribution >= 0.6 is 0 Å². The normalized spacial score (nSPS) is 18.6. The highest BCUT2D eigenvalue weighted by Crippen LogP contribution is 2.28. The Kier molecular flexibility index (Phi) is 6.11. The average molecular weight is 439 g/mol. The van der Waals surface area contributed by atoms with Crippen molar-refractivity contribution < 1.29 is 18.7 Å². The van der Waals surface area contributed by atoms with Crippen molar-refractivity contribution in [3.05, 3.63) is 71.7 Å². The van der Waals surface area contributed by atoms with Gasteiger partial charge in [-0.2, -0.15) is 0 Å². The van der Waals surface area contributed by atoms with Crippen LogP contribution in [0.1, 0.15) is 22.5 Å². The van der Waals surface area contributed by atoms with Crippen LogP contribution in [0.4, 0.5) is 20.2 Å². The third-order valence-electron chi connectivity index (χ3n) is 5.60. The Morgan fingerprint density at radius 1 is 1.19 bits per heavy atom. The number of hydrogen-bond acceptors (Lipinski definition) is 7. The first kappa shape index (κ1) is 21.8. The number of rotatable bonds is 5. The second-order valence-electron chi connectivity index (χ2n) is 7.80. The van der Waals surface area contributed by atoms with Gasteiger partial charge in [-0.15, -0.1) is 0 Å². The van der Waals surface area contributed by atoms with Crippen molar-refractivity contribution >= 4 is 17.2 Å². The molecule has 5 N–H and O–H groups in total. The van der Waals surface area contributed by atoms with E-state index in [0.717, 1.165) is 17.8 Å². The van der Waals surface area contributed by atoms with Gasteiger partial charge in [0.25, 0.3) is 0 Å². The molecule has 3 aromatic rings. The third-order valence-corrected chi connectivity index (χ3v) is 5.60. The molecule has 1 aliphatic rings. The van der Waals surface area contributed by atoms with Gasteiger partial charge in [0, 0.05) is 49.2 Å². The van der Waals surface area contributed by atoms with E-state index < -0.39 is 29.6 Å². The largest absolute Gasteiger partial charge is 0.397 e. The van der Waals surface area contributed by atoms with Gasteiger partial charge in [-0.1, -0.05) is 6.07 Å². The maximum Gasteiger partial charge on any atom is 0.187 e. The number of nitrogens with zero attached hydrogens (tertiary/aromatic N) is 3. The molecular weight excluding hydrogens is 416 g/mol. The molecule has 1 aromatic carbocycles. The minimum atomic E-state index is -0.779. The highest BCUT2D eigenvalue weighted by Gasteiger charge is 2.27. The number of piperidine rings is 1. The topological polar surface area (TPSA) is 118 Å². The highest BCUT2D eigenvalue weighted by molar-refractivity contribution is 6.01. The number of Topliss-reactive ketones (excluding diaryl/α,β-unsaturated/α-hetero) is 1. The summed E-state index contributed by atoms with van der Waals surface area (Å²) in [6, 6.07) is 7.69. The van der Waals surface area contributed by atoms with E-state index in [2.05, 4.69) is 9.97 Å². The van der Waals surface area contributed by atoms with E-state index in [4.69, 9.17) is 11.5 Å². The summed E-state index contributed by atoms with van der Waals surface area (Å²) < 4.78 is 28.4. The van der Waals surface area contributed by atoms with Crippen molar-refractivity contribution in [2.24, 2.45) is 5.73 Å². The zero-order valence-electron chi connectivity index (χ0n) is 17.2. The fourth-order valence-electron chi connectivity index (χ4n) is 3.88. The van der Waals surface area contributed by atoms with E-state index in [0.29, 0.717) is 25.1 Å². The van der Waals surface area contributed by atoms with Crippen molar-refractivity contribution in [1.29, 1.82) is 0 Å². The number of carbonyl (C=O) groups is 1. The van der Waals surface area contributed by atoms with Crippen molar-refractivity contribution in [2.45, 2.75) is 25.0 Å². The molecule has 2 atom stereocenters. The van der Waals surface area contributed by atoms with E-state index in [1.165, 1.54) is 18.2 Å². The van der Waals surface area contributed by atoms with Gasteiger partial charge < -0.3 is 21.5 Å². The van der Waals surface area contributed by atoms with Gasteiger partial charge in [-0.25, -0.2) is 13.8 Å². The zero-order chi connectivity index (χ0) is 22.8. The molecular formula is C23H23F2N5O2. The van der Waals surface area contributed by atoms with Crippen LogP contribution in [0.2, 0.25) is 0 Å². The fourth-order valence-corrected chi connectivity index (χ4v) is 3.88. The molecule has 1 fully saturated rings. The molecule has 0 aliphatic carbocycles. The second-order valence-corrected chi connectivity index (χ2v) is 7.80. The SMILES string of the molecule is Nc1ccc(-c2c(F)cccc2F)nc1C(=O)Cc1cnccc1N1CC[C@@H](O)[C@@H](N)C1. The molecule has 7 nitrogen and oxygen atoms in total. The van der Waals surface area contributed by atoms with Crippen molar-refractivity contribution in [3.8, 4) is 11.3 Å². The smallest absolute Gasteiger partial charge is 0.187 e. The number of ketones is 1. The van der Waals surface area contributed by atoms with Crippen LogP contribution in [0.25, 0.3) is 11.3 Å². The number of nitrogens with two attached hydrogens (primary N) is 2. The summed E-state index contributed by atoms with van der Waals surface area (Å²) in [4.78, 5) is 23.4. The van der Waals surface area contributed by atoms with Crippen molar-refractivity contribution in [2.75, 3.05) is 23.7 Å². The maximum atomic E-state index is 14.2. The molecule has 0 spiro atoms. The summed E-state index contributed by atoms with van der Waals surface area (Å²) in [5.74, 6) is -1.96. The Hall–Kier alpha value is -3.43. The van der Waals surface area contributed by atoms with Gasteiger partial charge >= 0.3 is 0 Å². The predicted molar refractivity (Wildman–Crippen MR) is 117 cm³/mol. The van der Waals surface area contributed by atoms with Gasteiger partial charge in [0.2, 0.25) is 0 Å². The van der Waals surface area contributed by atoms with Crippen LogP contribution in [0.5, 0.6) is 0 Å². The van der Waals surface area contributed by atoms with E-state index in [9.17, 15) is 18.7 Å². The lowest BCUT2D eigenvalue weighted by Crippen LogP contribution is -2.51. The van der Waals surface area contributed by atoms with Gasteiger partial charge in [0.15, 0.2) is 5.78 Å². The first-order valence-corrected chi connectivity index (χ1v) is 10.2. The number of anilines is 2. The molecule has 9 heteroatoms. The number of aliphatic hydroxyl groups is 1. The lowest BCUT2D eigenvalue weighted by molar-refractivity contribution is 0.0988. The first-order chi connectivity index (χ1) is 15.3. The molecule has 3 heterocycles. The quantitative estimate of drug-likeness (QED) is 0.522. The Labute approximate surface area is 183 Å². The van der Waals surface area contributed by atoms with Crippen LogP contribution in [-0.2, 0) is 6.42 Å². The number of benzene rings is 1. The number of hydrogen-bond donors (Lipinski definition) is 3. The zero-order valence-corrected chi connectivity index (χ0v) is 17.2. The van der Waals surface area contributed by atoms with Crippen molar-refractivity contribution in [1.82, 2.24) is 9.97 Å². The summed E-state index contributed by atoms with van der Waals surface area (Å²) in [6.45, 7) is 1.03. The van der Waals surface area contributed by atoms with Crippen LogP contribution in [-0.4, -0.2) is 46.1 Å². The monoisotopic (exact) mass is 439 g/mol. The summed E-state index contributed by atoms with van der Waals surface area (Å²) in [6.07, 6.45) is 3.09. The van der Waals surface area contributed by atoms with Crippen LogP contribution in [0.15, 0.2) is 48.8 Å². The second kappa shape index (κ2) is 8.97. The Morgan fingerprint density at radius 2 is 1.94 bits per heavy atom. The van der Waals surface area contributed by atoms with E-state index in [1.54, 1.807) is 18.5 Å². The number of aliphatic hydroxyl groups excluding tert-OH is 1. The standard InChI is InChI=1S/C23H23F2N5O2/c24-14-2-1-3-15(25)22(14)18-5-4-16(26)23(29-18)21(32)10-13-11-28-8-6-19(13)30-9-7-20(31)17(27)12-30/h1-6,8,11,17,20,31H,7,9-10,12,26-27H2/t17-,20+/m0/s1. The molecule has 0 amide bonds. The first-order valence-electron chi connectivity index (χ1n) is 10.2. The molecule has 0 unspecified atom stereocenters. The summed E-state index contributed by atoms with van der Waals surface area (Å²) >= 11 is 0. The highest BCUT2D eigenvalue weighted by atomic mass is 19.1. The molecule has 0 saturated carbocycles. The molecule has 1 aliphatic heterocycles. The number of nitrogen functional groups attached to an aromatic ring is 1. The van der Waals surface area contributed by atoms with Crippen LogP contribution < -0.4 is 16.4 Å². The lowest BCUT2D eigenvalue weighted by Gasteiger charge is -2.36. The molecule has 32 heavy (non-hydrogen) atoms. The van der Waals surface area contributed by atoms with E-state index in [-0.39, 0.29) is 29.1 Å². The molecule has 4 rings (SSSR count). The summed E-state index contributed by atoms with van der Waals surface area (Å²) in [5.41, 5.74) is 13.1. The minimum Gasteiger partial charge on any atom is -0.397 e. The van der Waals surface area contributed by atoms with E-state index >= 15 is 0 Å². The lowest BCUT2D eigenvalue weighted by atomic mass is 10.00. The molecule has 166 valence electrons. The summed E-state index contributed by atoms with van der Waals surface area (Å²) in [7, 11) is 0. The number of carbonyl (C=O) groups excluding carboxylic acids is 1. The Balaban J connectivity index is 1.63. The fraction of sp³-hybridized carbons (Fsp3) is 0.261. The van der Waals surface area contributed by atoms with E-state index in [1.807, 2.05) is 4.90 Å². The third kappa shape index (κ3) is 4.30. The van der Waals surface area contributed by atoms with Crippen molar-refractivity contribution in [3.63, 3.8) is 0 Å². The molecule has 2 aromatic heterocycles. The number of halogens is 2. The number of pyridine rings is 2. The Bertz CT molecular complexity index is 1140. The summed E-state index contributed by atoms with van der Waals surface area (Å²) in [5, 5.41) is 9.90. The van der Waals surface area contributed by atoms with Crippen LogP contribution in [0, 0.1) is 11.6 Å². The molecule has 0 bridgehead atoms. The number of aromatic nitrogens is 2. The predicted octanol–water partition coefficient (Wildman–Crippen LogP) is 2.33. The average Bonchev–Trinajstić information content (AvgIpc) is 2.77.